The van der Waals surface area contributed by atoms with Crippen LogP contribution < -0.4 is 5.73 Å². The lowest BCUT2D eigenvalue weighted by molar-refractivity contribution is 0.0719. The van der Waals surface area contributed by atoms with Crippen LogP contribution in [-0.2, 0) is 4.74 Å². The summed E-state index contributed by atoms with van der Waals surface area (Å²) in [6, 6.07) is 1.66. The normalized spacial score (nSPS) is 20.9. The molecule has 5 nitrogen and oxygen atoms in total. The molecule has 0 saturated carbocycles. The van der Waals surface area contributed by atoms with Gasteiger partial charge in [-0.2, -0.15) is 0 Å². The van der Waals surface area contributed by atoms with Crippen molar-refractivity contribution in [2.45, 2.75) is 12.5 Å². The zero-order chi connectivity index (χ0) is 10.8. The van der Waals surface area contributed by atoms with E-state index >= 15 is 0 Å². The van der Waals surface area contributed by atoms with Crippen molar-refractivity contribution in [1.82, 2.24) is 9.88 Å². The molecule has 15 heavy (non-hydrogen) atoms. The van der Waals surface area contributed by atoms with Crippen LogP contribution in [0.15, 0.2) is 12.3 Å². The first kappa shape index (κ1) is 10.0. The number of nitrogen functional groups attached to an aromatic ring is 1. The number of hydrogen-bond acceptors (Lipinski definition) is 3. The molecule has 0 aliphatic carbocycles. The van der Waals surface area contributed by atoms with Gasteiger partial charge in [0.05, 0.1) is 6.10 Å². The molecule has 2 rings (SSSR count). The summed E-state index contributed by atoms with van der Waals surface area (Å²) in [6.07, 6.45) is 2.69. The molecular weight excluding hydrogens is 194 g/mol. The molecule has 1 atom stereocenters. The molecule has 0 aromatic carbocycles. The summed E-state index contributed by atoms with van der Waals surface area (Å²) < 4.78 is 5.20. The second kappa shape index (κ2) is 3.94. The molecule has 5 heteroatoms. The number of nitrogens with one attached hydrogen (secondary N) is 1. The third kappa shape index (κ3) is 1.97. The van der Waals surface area contributed by atoms with E-state index in [0.717, 1.165) is 13.0 Å². The predicted octanol–water partition coefficient (Wildman–Crippen LogP) is 0.458. The number of aromatic nitrogens is 1. The number of ether oxygens (including phenoxy) is 1. The second-order valence-corrected chi connectivity index (χ2v) is 3.74. The van der Waals surface area contributed by atoms with Gasteiger partial charge in [0.25, 0.3) is 5.91 Å². The Labute approximate surface area is 88.2 Å². The summed E-state index contributed by atoms with van der Waals surface area (Å²) in [5.74, 6) is -0.00810. The standard InChI is InChI=1S/C10H15N3O2/c1-15-8-2-3-13(6-8)10(14)9-4-7(11)5-12-9/h4-5,8,12H,2-3,6,11H2,1H3. The molecule has 1 aliphatic rings. The Kier molecular flexibility index (Phi) is 2.64. The van der Waals surface area contributed by atoms with Crippen LogP contribution in [0.3, 0.4) is 0 Å². The minimum absolute atomic E-state index is 0.00810. The molecule has 3 N–H and O–H groups in total. The molecule has 1 aromatic heterocycles. The van der Waals surface area contributed by atoms with Gasteiger partial charge in [-0.05, 0) is 12.5 Å². The maximum atomic E-state index is 11.9. The van der Waals surface area contributed by atoms with Crippen molar-refractivity contribution in [3.63, 3.8) is 0 Å². The first-order valence-electron chi connectivity index (χ1n) is 4.96. The molecule has 1 saturated heterocycles. The molecule has 1 aliphatic heterocycles. The highest BCUT2D eigenvalue weighted by atomic mass is 16.5. The SMILES string of the molecule is COC1CCN(C(=O)c2cc(N)c[nH]2)C1. The minimum atomic E-state index is -0.00810. The van der Waals surface area contributed by atoms with E-state index in [4.69, 9.17) is 10.5 Å². The molecule has 1 fully saturated rings. The maximum absolute atomic E-state index is 11.9. The first-order valence-corrected chi connectivity index (χ1v) is 4.96. The van der Waals surface area contributed by atoms with E-state index in [9.17, 15) is 4.79 Å². The van der Waals surface area contributed by atoms with Crippen LogP contribution in [0.1, 0.15) is 16.9 Å². The maximum Gasteiger partial charge on any atom is 0.270 e. The molecule has 0 radical (unpaired) electrons. The first-order chi connectivity index (χ1) is 7.20. The Morgan fingerprint density at radius 3 is 3.07 bits per heavy atom. The van der Waals surface area contributed by atoms with Gasteiger partial charge in [0.15, 0.2) is 0 Å². The number of H-pyrrole nitrogens is 1. The van der Waals surface area contributed by atoms with Crippen molar-refractivity contribution in [3.8, 4) is 0 Å². The number of rotatable bonds is 2. The van der Waals surface area contributed by atoms with Gasteiger partial charge >= 0.3 is 0 Å². The number of likely N-dealkylation sites (tertiary alicyclic amines) is 1. The number of methoxy groups -OCH3 is 1. The molecule has 1 unspecified atom stereocenters. The van der Waals surface area contributed by atoms with Crippen LogP contribution in [-0.4, -0.2) is 42.1 Å². The smallest absolute Gasteiger partial charge is 0.270 e. The van der Waals surface area contributed by atoms with E-state index in [1.54, 1.807) is 24.3 Å². The number of carbonyl (C=O) groups excluding carboxylic acids is 1. The van der Waals surface area contributed by atoms with E-state index in [2.05, 4.69) is 4.98 Å². The quantitative estimate of drug-likeness (QED) is 0.743. The monoisotopic (exact) mass is 209 g/mol. The summed E-state index contributed by atoms with van der Waals surface area (Å²) in [7, 11) is 1.67. The van der Waals surface area contributed by atoms with Crippen LogP contribution in [0.4, 0.5) is 5.69 Å². The van der Waals surface area contributed by atoms with E-state index in [1.807, 2.05) is 0 Å². The van der Waals surface area contributed by atoms with Crippen LogP contribution in [0.5, 0.6) is 0 Å². The molecule has 1 amide bonds. The Morgan fingerprint density at radius 1 is 1.73 bits per heavy atom. The van der Waals surface area contributed by atoms with Gasteiger partial charge < -0.3 is 20.4 Å². The molecule has 0 spiro atoms. The molecule has 1 aromatic rings. The highest BCUT2D eigenvalue weighted by Gasteiger charge is 2.27. The van der Waals surface area contributed by atoms with Crippen molar-refractivity contribution in [3.05, 3.63) is 18.0 Å². The number of amides is 1. The Balaban J connectivity index is 2.03. The Morgan fingerprint density at radius 2 is 2.53 bits per heavy atom. The lowest BCUT2D eigenvalue weighted by Crippen LogP contribution is -2.30. The fraction of sp³-hybridized carbons (Fsp3) is 0.500. The highest BCUT2D eigenvalue weighted by molar-refractivity contribution is 5.93. The second-order valence-electron chi connectivity index (χ2n) is 3.74. The van der Waals surface area contributed by atoms with Gasteiger partial charge in [-0.1, -0.05) is 0 Å². The molecular formula is C10H15N3O2. The van der Waals surface area contributed by atoms with Crippen LogP contribution in [0, 0.1) is 0 Å². The fourth-order valence-corrected chi connectivity index (χ4v) is 1.81. The third-order valence-corrected chi connectivity index (χ3v) is 2.70. The van der Waals surface area contributed by atoms with Gasteiger partial charge in [0, 0.05) is 32.1 Å². The summed E-state index contributed by atoms with van der Waals surface area (Å²) in [5.41, 5.74) is 6.67. The van der Waals surface area contributed by atoms with Crippen molar-refractivity contribution in [2.24, 2.45) is 0 Å². The van der Waals surface area contributed by atoms with E-state index in [0.29, 0.717) is 17.9 Å². The van der Waals surface area contributed by atoms with Gasteiger partial charge in [0.2, 0.25) is 0 Å². The van der Waals surface area contributed by atoms with Gasteiger partial charge in [0.1, 0.15) is 5.69 Å². The van der Waals surface area contributed by atoms with Gasteiger partial charge in [-0.3, -0.25) is 4.79 Å². The number of nitrogens with zero attached hydrogens (tertiary/aromatic N) is 1. The van der Waals surface area contributed by atoms with Crippen LogP contribution >= 0.6 is 0 Å². The van der Waals surface area contributed by atoms with Gasteiger partial charge in [-0.25, -0.2) is 0 Å². The lowest BCUT2D eigenvalue weighted by atomic mass is 10.3. The zero-order valence-electron chi connectivity index (χ0n) is 8.69. The Hall–Kier alpha value is -1.49. The summed E-state index contributed by atoms with van der Waals surface area (Å²) >= 11 is 0. The summed E-state index contributed by atoms with van der Waals surface area (Å²) in [5, 5.41) is 0. The van der Waals surface area contributed by atoms with Crippen molar-refractivity contribution in [1.29, 1.82) is 0 Å². The van der Waals surface area contributed by atoms with Crippen LogP contribution in [0.25, 0.3) is 0 Å². The summed E-state index contributed by atoms with van der Waals surface area (Å²) in [4.78, 5) is 16.5. The number of aromatic amines is 1. The average molecular weight is 209 g/mol. The van der Waals surface area contributed by atoms with Crippen molar-refractivity contribution < 1.29 is 9.53 Å². The number of anilines is 1. The van der Waals surface area contributed by atoms with Crippen molar-refractivity contribution >= 4 is 11.6 Å². The number of nitrogens with two attached hydrogens (primary N) is 1. The molecule has 0 bridgehead atoms. The lowest BCUT2D eigenvalue weighted by Gasteiger charge is -2.14. The van der Waals surface area contributed by atoms with E-state index in [-0.39, 0.29) is 12.0 Å². The van der Waals surface area contributed by atoms with E-state index in [1.165, 1.54) is 0 Å². The molecule has 82 valence electrons. The Bertz CT molecular complexity index is 361. The van der Waals surface area contributed by atoms with Crippen LogP contribution in [0.2, 0.25) is 0 Å². The minimum Gasteiger partial charge on any atom is -0.397 e. The predicted molar refractivity (Wildman–Crippen MR) is 56.5 cm³/mol. The number of hydrogen-bond donors (Lipinski definition) is 2. The topological polar surface area (TPSA) is 71.3 Å². The number of carbonyl (C=O) groups is 1. The van der Waals surface area contributed by atoms with Gasteiger partial charge in [-0.15, -0.1) is 0 Å². The fourth-order valence-electron chi connectivity index (χ4n) is 1.81. The molecule has 2 heterocycles. The zero-order valence-corrected chi connectivity index (χ0v) is 8.69. The largest absolute Gasteiger partial charge is 0.397 e. The van der Waals surface area contributed by atoms with E-state index < -0.39 is 0 Å². The average Bonchev–Trinajstić information content (AvgIpc) is 2.84. The highest BCUT2D eigenvalue weighted by Crippen LogP contribution is 2.15. The van der Waals surface area contributed by atoms with Crippen molar-refractivity contribution in [2.75, 3.05) is 25.9 Å². The summed E-state index contributed by atoms with van der Waals surface area (Å²) in [6.45, 7) is 1.41. The third-order valence-electron chi connectivity index (χ3n) is 2.70.